The van der Waals surface area contributed by atoms with E-state index in [1.54, 1.807) is 12.1 Å². The van der Waals surface area contributed by atoms with E-state index in [-0.39, 0.29) is 36.1 Å². The molecule has 0 spiro atoms. The molecule has 8 heteroatoms. The molecule has 1 fully saturated rings. The lowest BCUT2D eigenvalue weighted by molar-refractivity contribution is -0.0440. The van der Waals surface area contributed by atoms with Crippen LogP contribution >= 0.6 is 0 Å². The van der Waals surface area contributed by atoms with Gasteiger partial charge in [0.15, 0.2) is 0 Å². The van der Waals surface area contributed by atoms with Gasteiger partial charge in [0.05, 0.1) is 22.7 Å². The van der Waals surface area contributed by atoms with Gasteiger partial charge in [0, 0.05) is 32.4 Å². The van der Waals surface area contributed by atoms with E-state index in [2.05, 4.69) is 10.6 Å². The van der Waals surface area contributed by atoms with Crippen molar-refractivity contribution in [3.8, 4) is 0 Å². The van der Waals surface area contributed by atoms with Crippen molar-refractivity contribution in [1.29, 1.82) is 0 Å². The summed E-state index contributed by atoms with van der Waals surface area (Å²) in [7, 11) is -2.21. The number of carbonyl (C=O) groups excluding carboxylic acids is 1. The van der Waals surface area contributed by atoms with Gasteiger partial charge in [-0.15, -0.1) is 0 Å². The van der Waals surface area contributed by atoms with Gasteiger partial charge in [-0.25, -0.2) is 8.42 Å². The number of carbonyl (C=O) groups is 1. The second-order valence-electron chi connectivity index (χ2n) is 7.21. The smallest absolute Gasteiger partial charge is 0.253 e. The Labute approximate surface area is 172 Å². The standard InChI is InChI=1S/C21H27N3O4S/c1-15-13-24(14-16(2)28-15)29(26,27)18-9-10-20(19(11-18)21(25)22-3)23-12-17-7-5-4-6-8-17/h4-11,15-16,23H,12-14H2,1-3H3,(H,22,25)/t15-,16+. The largest absolute Gasteiger partial charge is 0.380 e. The molecule has 0 aliphatic carbocycles. The number of sulfonamides is 1. The highest BCUT2D eigenvalue weighted by atomic mass is 32.2. The molecule has 2 N–H and O–H groups in total. The van der Waals surface area contributed by atoms with Crippen molar-refractivity contribution in [1.82, 2.24) is 9.62 Å². The van der Waals surface area contributed by atoms with E-state index in [1.165, 1.54) is 17.4 Å². The first kappa shape index (κ1) is 21.3. The summed E-state index contributed by atoms with van der Waals surface area (Å²) in [5.74, 6) is -0.346. The summed E-state index contributed by atoms with van der Waals surface area (Å²) < 4.78 is 33.4. The van der Waals surface area contributed by atoms with Crippen LogP contribution in [-0.4, -0.2) is 51.0 Å². The van der Waals surface area contributed by atoms with Crippen molar-refractivity contribution in [2.45, 2.75) is 37.5 Å². The molecule has 29 heavy (non-hydrogen) atoms. The molecule has 1 amide bonds. The van der Waals surface area contributed by atoms with Gasteiger partial charge in [0.2, 0.25) is 10.0 Å². The maximum atomic E-state index is 13.2. The number of nitrogens with zero attached hydrogens (tertiary/aromatic N) is 1. The van der Waals surface area contributed by atoms with E-state index in [0.29, 0.717) is 17.8 Å². The lowest BCUT2D eigenvalue weighted by Gasteiger charge is -2.34. The Balaban J connectivity index is 1.89. The average Bonchev–Trinajstić information content (AvgIpc) is 2.71. The average molecular weight is 418 g/mol. The summed E-state index contributed by atoms with van der Waals surface area (Å²) in [6, 6.07) is 14.4. The van der Waals surface area contributed by atoms with Crippen molar-refractivity contribution in [2.75, 3.05) is 25.5 Å². The number of morpholine rings is 1. The molecule has 1 aliphatic rings. The van der Waals surface area contributed by atoms with Crippen LogP contribution in [0.2, 0.25) is 0 Å². The first-order valence-electron chi connectivity index (χ1n) is 9.61. The van der Waals surface area contributed by atoms with Gasteiger partial charge in [-0.1, -0.05) is 30.3 Å². The first-order valence-corrected chi connectivity index (χ1v) is 11.0. The molecule has 1 aliphatic heterocycles. The van der Waals surface area contributed by atoms with E-state index in [9.17, 15) is 13.2 Å². The zero-order valence-electron chi connectivity index (χ0n) is 16.9. The van der Waals surface area contributed by atoms with Gasteiger partial charge in [-0.05, 0) is 37.6 Å². The Morgan fingerprint density at radius 1 is 1.10 bits per heavy atom. The van der Waals surface area contributed by atoms with Crippen LogP contribution in [-0.2, 0) is 21.3 Å². The van der Waals surface area contributed by atoms with E-state index >= 15 is 0 Å². The Kier molecular flexibility index (Phi) is 6.56. The molecular formula is C21H27N3O4S. The fraction of sp³-hybridized carbons (Fsp3) is 0.381. The second-order valence-corrected chi connectivity index (χ2v) is 9.14. The zero-order chi connectivity index (χ0) is 21.0. The van der Waals surface area contributed by atoms with Gasteiger partial charge >= 0.3 is 0 Å². The van der Waals surface area contributed by atoms with Gasteiger partial charge in [0.25, 0.3) is 5.91 Å². The summed E-state index contributed by atoms with van der Waals surface area (Å²) in [6.45, 7) is 4.80. The molecule has 1 saturated heterocycles. The monoisotopic (exact) mass is 417 g/mol. The zero-order valence-corrected chi connectivity index (χ0v) is 17.7. The van der Waals surface area contributed by atoms with Crippen molar-refractivity contribution in [3.63, 3.8) is 0 Å². The third-order valence-electron chi connectivity index (χ3n) is 4.81. The van der Waals surface area contributed by atoms with Gasteiger partial charge in [0.1, 0.15) is 0 Å². The molecule has 2 aromatic carbocycles. The van der Waals surface area contributed by atoms with E-state index < -0.39 is 10.0 Å². The molecule has 0 saturated carbocycles. The minimum Gasteiger partial charge on any atom is -0.380 e. The van der Waals surface area contributed by atoms with Crippen LogP contribution in [0.1, 0.15) is 29.8 Å². The SMILES string of the molecule is CNC(=O)c1cc(S(=O)(=O)N2C[C@@H](C)O[C@@H](C)C2)ccc1NCc1ccccc1. The summed E-state index contributed by atoms with van der Waals surface area (Å²) >= 11 is 0. The summed E-state index contributed by atoms with van der Waals surface area (Å²) in [5.41, 5.74) is 1.93. The van der Waals surface area contributed by atoms with Crippen LogP contribution in [0.15, 0.2) is 53.4 Å². The number of rotatable bonds is 6. The number of ether oxygens (including phenoxy) is 1. The van der Waals surface area contributed by atoms with Crippen molar-refractivity contribution < 1.29 is 17.9 Å². The molecular weight excluding hydrogens is 390 g/mol. The van der Waals surface area contributed by atoms with Crippen molar-refractivity contribution in [2.24, 2.45) is 0 Å². The van der Waals surface area contributed by atoms with Crippen LogP contribution in [0.5, 0.6) is 0 Å². The topological polar surface area (TPSA) is 87.7 Å². The highest BCUT2D eigenvalue weighted by Gasteiger charge is 2.32. The second kappa shape index (κ2) is 8.94. The molecule has 2 aromatic rings. The van der Waals surface area contributed by atoms with E-state index in [0.717, 1.165) is 5.56 Å². The number of anilines is 1. The van der Waals surface area contributed by atoms with Crippen molar-refractivity contribution >= 4 is 21.6 Å². The fourth-order valence-electron chi connectivity index (χ4n) is 3.43. The molecule has 3 rings (SSSR count). The Morgan fingerprint density at radius 2 is 1.76 bits per heavy atom. The van der Waals surface area contributed by atoms with E-state index in [1.807, 2.05) is 44.2 Å². The fourth-order valence-corrected chi connectivity index (χ4v) is 5.05. The van der Waals surface area contributed by atoms with Gasteiger partial charge < -0.3 is 15.4 Å². The molecule has 1 heterocycles. The molecule has 0 unspecified atom stereocenters. The number of hydrogen-bond donors (Lipinski definition) is 2. The maximum absolute atomic E-state index is 13.2. The number of hydrogen-bond acceptors (Lipinski definition) is 5. The van der Waals surface area contributed by atoms with E-state index in [4.69, 9.17) is 4.74 Å². The normalized spacial score (nSPS) is 20.2. The number of amides is 1. The summed E-state index contributed by atoms with van der Waals surface area (Å²) in [4.78, 5) is 12.5. The van der Waals surface area contributed by atoms with Gasteiger partial charge in [-0.2, -0.15) is 4.31 Å². The Hall–Kier alpha value is -2.42. The lowest BCUT2D eigenvalue weighted by Crippen LogP contribution is -2.48. The lowest BCUT2D eigenvalue weighted by atomic mass is 10.1. The number of benzene rings is 2. The molecule has 0 aromatic heterocycles. The van der Waals surface area contributed by atoms with Crippen LogP contribution in [0.4, 0.5) is 5.69 Å². The minimum atomic E-state index is -3.73. The highest BCUT2D eigenvalue weighted by Crippen LogP contribution is 2.26. The molecule has 0 bridgehead atoms. The van der Waals surface area contributed by atoms with Crippen molar-refractivity contribution in [3.05, 3.63) is 59.7 Å². The Morgan fingerprint density at radius 3 is 2.38 bits per heavy atom. The minimum absolute atomic E-state index is 0.0997. The van der Waals surface area contributed by atoms with Crippen LogP contribution in [0, 0.1) is 0 Å². The first-order chi connectivity index (χ1) is 13.8. The maximum Gasteiger partial charge on any atom is 0.253 e. The third-order valence-corrected chi connectivity index (χ3v) is 6.64. The Bertz CT molecular complexity index is 953. The highest BCUT2D eigenvalue weighted by molar-refractivity contribution is 7.89. The quantitative estimate of drug-likeness (QED) is 0.754. The predicted molar refractivity (Wildman–Crippen MR) is 112 cm³/mol. The molecule has 0 radical (unpaired) electrons. The molecule has 156 valence electrons. The predicted octanol–water partition coefficient (Wildman–Crippen LogP) is 2.46. The summed E-state index contributed by atoms with van der Waals surface area (Å²) in [6.07, 6.45) is -0.363. The molecule has 7 nitrogen and oxygen atoms in total. The third kappa shape index (κ3) is 4.95. The van der Waals surface area contributed by atoms with Crippen LogP contribution < -0.4 is 10.6 Å². The number of nitrogens with one attached hydrogen (secondary N) is 2. The summed E-state index contributed by atoms with van der Waals surface area (Å²) in [5, 5.41) is 5.81. The van der Waals surface area contributed by atoms with Crippen LogP contribution in [0.25, 0.3) is 0 Å². The molecule has 2 atom stereocenters. The van der Waals surface area contributed by atoms with Gasteiger partial charge in [-0.3, -0.25) is 4.79 Å². The van der Waals surface area contributed by atoms with Crippen LogP contribution in [0.3, 0.4) is 0 Å².